The third-order valence-corrected chi connectivity index (χ3v) is 2.77. The van der Waals surface area contributed by atoms with E-state index >= 15 is 0 Å². The van der Waals surface area contributed by atoms with Crippen LogP contribution in [0.5, 0.6) is 5.75 Å². The molecular weight excluding hydrogens is 224 g/mol. The first-order chi connectivity index (χ1) is 7.61. The van der Waals surface area contributed by atoms with E-state index in [-0.39, 0.29) is 5.75 Å². The largest absolute Gasteiger partial charge is 0.506 e. The van der Waals surface area contributed by atoms with Gasteiger partial charge in [0.15, 0.2) is 0 Å². The molecule has 0 aliphatic rings. The Balaban J connectivity index is 2.29. The lowest BCUT2D eigenvalue weighted by atomic mass is 10.2. The van der Waals surface area contributed by atoms with Gasteiger partial charge < -0.3 is 15.3 Å². The molecule has 3 nitrogen and oxygen atoms in total. The SMILES string of the molecule is CN(C)CCCNCc1cccc(O)c1Cl. The summed E-state index contributed by atoms with van der Waals surface area (Å²) in [6, 6.07) is 5.32. The topological polar surface area (TPSA) is 35.5 Å². The summed E-state index contributed by atoms with van der Waals surface area (Å²) in [5.41, 5.74) is 0.937. The van der Waals surface area contributed by atoms with Crippen LogP contribution in [0.4, 0.5) is 0 Å². The number of phenolic OH excluding ortho intramolecular Hbond substituents is 1. The van der Waals surface area contributed by atoms with E-state index in [2.05, 4.69) is 24.3 Å². The van der Waals surface area contributed by atoms with Gasteiger partial charge in [-0.2, -0.15) is 0 Å². The van der Waals surface area contributed by atoms with Crippen molar-refractivity contribution in [2.45, 2.75) is 13.0 Å². The Bertz CT molecular complexity index is 329. The monoisotopic (exact) mass is 242 g/mol. The van der Waals surface area contributed by atoms with Crippen molar-refractivity contribution >= 4 is 11.6 Å². The van der Waals surface area contributed by atoms with Crippen LogP contribution in [0, 0.1) is 0 Å². The van der Waals surface area contributed by atoms with Gasteiger partial charge in [-0.05, 0) is 45.2 Å². The standard InChI is InChI=1S/C12H19ClN2O/c1-15(2)8-4-7-14-9-10-5-3-6-11(16)12(10)13/h3,5-6,14,16H,4,7-9H2,1-2H3. The fourth-order valence-electron chi connectivity index (χ4n) is 1.45. The van der Waals surface area contributed by atoms with Crippen LogP contribution in [0.3, 0.4) is 0 Å². The summed E-state index contributed by atoms with van der Waals surface area (Å²) < 4.78 is 0. The molecule has 0 spiro atoms. The maximum atomic E-state index is 9.41. The van der Waals surface area contributed by atoms with Crippen molar-refractivity contribution < 1.29 is 5.11 Å². The zero-order valence-electron chi connectivity index (χ0n) is 9.83. The Hall–Kier alpha value is -0.770. The smallest absolute Gasteiger partial charge is 0.134 e. The molecule has 0 atom stereocenters. The van der Waals surface area contributed by atoms with Gasteiger partial charge >= 0.3 is 0 Å². The van der Waals surface area contributed by atoms with Crippen molar-refractivity contribution in [3.63, 3.8) is 0 Å². The number of rotatable bonds is 6. The molecule has 0 fully saturated rings. The van der Waals surface area contributed by atoms with E-state index in [1.165, 1.54) is 0 Å². The minimum absolute atomic E-state index is 0.147. The summed E-state index contributed by atoms with van der Waals surface area (Å²) in [4.78, 5) is 2.16. The van der Waals surface area contributed by atoms with Crippen LogP contribution in [0.15, 0.2) is 18.2 Å². The second kappa shape index (κ2) is 6.74. The van der Waals surface area contributed by atoms with Gasteiger partial charge in [-0.1, -0.05) is 23.7 Å². The van der Waals surface area contributed by atoms with Gasteiger partial charge in [0.1, 0.15) is 5.75 Å². The molecule has 0 unspecified atom stereocenters. The molecule has 1 aromatic rings. The molecule has 0 amide bonds. The van der Waals surface area contributed by atoms with Gasteiger partial charge in [-0.25, -0.2) is 0 Å². The zero-order valence-corrected chi connectivity index (χ0v) is 10.6. The van der Waals surface area contributed by atoms with Crippen molar-refractivity contribution in [1.29, 1.82) is 0 Å². The van der Waals surface area contributed by atoms with E-state index in [9.17, 15) is 5.11 Å². The van der Waals surface area contributed by atoms with E-state index in [4.69, 9.17) is 11.6 Å². The molecule has 0 heterocycles. The molecule has 0 aliphatic carbocycles. The van der Waals surface area contributed by atoms with Gasteiger partial charge in [-0.15, -0.1) is 0 Å². The molecule has 0 bridgehead atoms. The molecule has 2 N–H and O–H groups in total. The van der Waals surface area contributed by atoms with Crippen LogP contribution in [-0.4, -0.2) is 37.2 Å². The fourth-order valence-corrected chi connectivity index (χ4v) is 1.64. The van der Waals surface area contributed by atoms with Crippen LogP contribution in [0.1, 0.15) is 12.0 Å². The summed E-state index contributed by atoms with van der Waals surface area (Å²) >= 11 is 5.96. The van der Waals surface area contributed by atoms with E-state index in [0.717, 1.165) is 25.1 Å². The Morgan fingerprint density at radius 1 is 1.38 bits per heavy atom. The first kappa shape index (κ1) is 13.3. The van der Waals surface area contributed by atoms with Crippen LogP contribution >= 0.6 is 11.6 Å². The highest BCUT2D eigenvalue weighted by Crippen LogP contribution is 2.26. The highest BCUT2D eigenvalue weighted by molar-refractivity contribution is 6.32. The maximum Gasteiger partial charge on any atom is 0.134 e. The molecule has 1 rings (SSSR count). The zero-order chi connectivity index (χ0) is 12.0. The van der Waals surface area contributed by atoms with Crippen LogP contribution in [-0.2, 0) is 6.54 Å². The summed E-state index contributed by atoms with van der Waals surface area (Å²) in [6.45, 7) is 2.71. The van der Waals surface area contributed by atoms with Crippen molar-refractivity contribution in [2.75, 3.05) is 27.2 Å². The summed E-state index contributed by atoms with van der Waals surface area (Å²) in [7, 11) is 4.12. The second-order valence-electron chi connectivity index (χ2n) is 4.08. The number of benzene rings is 1. The minimum atomic E-state index is 0.147. The quantitative estimate of drug-likeness (QED) is 0.750. The average molecular weight is 243 g/mol. The fraction of sp³-hybridized carbons (Fsp3) is 0.500. The third-order valence-electron chi connectivity index (χ3n) is 2.33. The summed E-state index contributed by atoms with van der Waals surface area (Å²) in [5.74, 6) is 0.147. The normalized spacial score (nSPS) is 11.0. The lowest BCUT2D eigenvalue weighted by Crippen LogP contribution is -2.21. The molecule has 0 aromatic heterocycles. The molecule has 1 aromatic carbocycles. The Morgan fingerprint density at radius 2 is 2.12 bits per heavy atom. The van der Waals surface area contributed by atoms with Gasteiger partial charge in [0.2, 0.25) is 0 Å². The van der Waals surface area contributed by atoms with Gasteiger partial charge in [0, 0.05) is 6.54 Å². The molecule has 0 aliphatic heterocycles. The highest BCUT2D eigenvalue weighted by atomic mass is 35.5. The number of aromatic hydroxyl groups is 1. The molecule has 16 heavy (non-hydrogen) atoms. The number of hydrogen-bond donors (Lipinski definition) is 2. The second-order valence-corrected chi connectivity index (χ2v) is 4.46. The predicted octanol–water partition coefficient (Wildman–Crippen LogP) is 2.09. The van der Waals surface area contributed by atoms with Crippen molar-refractivity contribution in [1.82, 2.24) is 10.2 Å². The number of halogens is 1. The summed E-state index contributed by atoms with van der Waals surface area (Å²) in [6.07, 6.45) is 1.10. The number of phenols is 1. The van der Waals surface area contributed by atoms with Crippen molar-refractivity contribution in [3.05, 3.63) is 28.8 Å². The van der Waals surface area contributed by atoms with Crippen LogP contribution in [0.2, 0.25) is 5.02 Å². The summed E-state index contributed by atoms with van der Waals surface area (Å²) in [5, 5.41) is 13.2. The van der Waals surface area contributed by atoms with Gasteiger partial charge in [0.25, 0.3) is 0 Å². The third kappa shape index (κ3) is 4.39. The molecule has 90 valence electrons. The van der Waals surface area contributed by atoms with E-state index in [1.54, 1.807) is 12.1 Å². The maximum absolute atomic E-state index is 9.41. The lowest BCUT2D eigenvalue weighted by molar-refractivity contribution is 0.394. The van der Waals surface area contributed by atoms with E-state index in [1.807, 2.05) is 6.07 Å². The van der Waals surface area contributed by atoms with Gasteiger partial charge in [-0.3, -0.25) is 0 Å². The van der Waals surface area contributed by atoms with Gasteiger partial charge in [0.05, 0.1) is 5.02 Å². The van der Waals surface area contributed by atoms with E-state index in [0.29, 0.717) is 11.6 Å². The lowest BCUT2D eigenvalue weighted by Gasteiger charge is -2.10. The molecular formula is C12H19ClN2O. The molecule has 0 saturated carbocycles. The first-order valence-electron chi connectivity index (χ1n) is 5.43. The highest BCUT2D eigenvalue weighted by Gasteiger charge is 2.03. The minimum Gasteiger partial charge on any atom is -0.506 e. The Kier molecular flexibility index (Phi) is 5.60. The average Bonchev–Trinajstić information content (AvgIpc) is 2.23. The number of hydrogen-bond acceptors (Lipinski definition) is 3. The van der Waals surface area contributed by atoms with E-state index < -0.39 is 0 Å². The molecule has 4 heteroatoms. The number of nitrogens with one attached hydrogen (secondary N) is 1. The van der Waals surface area contributed by atoms with Crippen molar-refractivity contribution in [2.24, 2.45) is 0 Å². The van der Waals surface area contributed by atoms with Crippen molar-refractivity contribution in [3.8, 4) is 5.75 Å². The molecule has 0 radical (unpaired) electrons. The van der Waals surface area contributed by atoms with Crippen LogP contribution < -0.4 is 5.32 Å². The Labute approximate surface area is 102 Å². The first-order valence-corrected chi connectivity index (χ1v) is 5.81. The molecule has 0 saturated heterocycles. The van der Waals surface area contributed by atoms with Crippen LogP contribution in [0.25, 0.3) is 0 Å². The predicted molar refractivity (Wildman–Crippen MR) is 68.0 cm³/mol. The number of nitrogens with zero attached hydrogens (tertiary/aromatic N) is 1. The Morgan fingerprint density at radius 3 is 2.81 bits per heavy atom.